The van der Waals surface area contributed by atoms with Crippen LogP contribution in [0.25, 0.3) is 0 Å². The van der Waals surface area contributed by atoms with Crippen LogP contribution in [0, 0.1) is 10.8 Å². The average molecular weight is 393 g/mol. The van der Waals surface area contributed by atoms with Crippen molar-refractivity contribution in [1.29, 1.82) is 0 Å². The molecule has 0 amide bonds. The lowest BCUT2D eigenvalue weighted by Crippen LogP contribution is -2.42. The maximum Gasteiger partial charge on any atom is 0.193 e. The molecule has 0 aromatic rings. The van der Waals surface area contributed by atoms with Gasteiger partial charge in [0.15, 0.2) is 5.96 Å². The van der Waals surface area contributed by atoms with Crippen LogP contribution in [0.1, 0.15) is 59.8 Å². The molecule has 1 aliphatic heterocycles. The Hall–Kier alpha value is 0. The molecule has 1 saturated carbocycles. The fraction of sp³-hybridized carbons (Fsp3) is 0.938. The van der Waals surface area contributed by atoms with E-state index in [2.05, 4.69) is 37.9 Å². The lowest BCUT2D eigenvalue weighted by atomic mass is 9.68. The molecule has 1 N–H and O–H groups in total. The van der Waals surface area contributed by atoms with Gasteiger partial charge >= 0.3 is 0 Å². The highest BCUT2D eigenvalue weighted by atomic mass is 127. The van der Waals surface area contributed by atoms with Gasteiger partial charge in [-0.3, -0.25) is 4.99 Å². The Morgan fingerprint density at radius 3 is 2.40 bits per heavy atom. The summed E-state index contributed by atoms with van der Waals surface area (Å²) in [7, 11) is 0. The van der Waals surface area contributed by atoms with Gasteiger partial charge in [0, 0.05) is 26.2 Å². The molecule has 2 fully saturated rings. The fourth-order valence-corrected chi connectivity index (χ4v) is 3.12. The van der Waals surface area contributed by atoms with E-state index in [9.17, 15) is 0 Å². The molecular formula is C16H32IN3. The average Bonchev–Trinajstić information content (AvgIpc) is 2.71. The van der Waals surface area contributed by atoms with Gasteiger partial charge in [0.05, 0.1) is 0 Å². The fourth-order valence-electron chi connectivity index (χ4n) is 3.12. The summed E-state index contributed by atoms with van der Waals surface area (Å²) in [4.78, 5) is 7.33. The number of nitrogens with zero attached hydrogens (tertiary/aromatic N) is 2. The van der Waals surface area contributed by atoms with Gasteiger partial charge in [0.1, 0.15) is 0 Å². The molecular weight excluding hydrogens is 361 g/mol. The molecule has 118 valence electrons. The molecule has 3 nitrogen and oxygen atoms in total. The zero-order valence-electron chi connectivity index (χ0n) is 13.7. The lowest BCUT2D eigenvalue weighted by Gasteiger charge is -2.38. The van der Waals surface area contributed by atoms with Gasteiger partial charge < -0.3 is 10.2 Å². The summed E-state index contributed by atoms with van der Waals surface area (Å²) < 4.78 is 0. The predicted molar refractivity (Wildman–Crippen MR) is 97.9 cm³/mol. The number of nitrogens with one attached hydrogen (secondary N) is 1. The second-order valence-corrected chi connectivity index (χ2v) is 7.57. The Morgan fingerprint density at radius 1 is 1.25 bits per heavy atom. The van der Waals surface area contributed by atoms with E-state index in [0.29, 0.717) is 10.8 Å². The minimum Gasteiger partial charge on any atom is -0.357 e. The van der Waals surface area contributed by atoms with Crippen LogP contribution in [-0.2, 0) is 0 Å². The minimum absolute atomic E-state index is 0. The van der Waals surface area contributed by atoms with Crippen LogP contribution in [-0.4, -0.2) is 37.0 Å². The van der Waals surface area contributed by atoms with Crippen LogP contribution in [0.2, 0.25) is 0 Å². The summed E-state index contributed by atoms with van der Waals surface area (Å²) in [5, 5.41) is 3.47. The summed E-state index contributed by atoms with van der Waals surface area (Å²) in [6.07, 6.45) is 6.83. The molecule has 0 aromatic carbocycles. The van der Waals surface area contributed by atoms with Crippen LogP contribution in [0.15, 0.2) is 4.99 Å². The summed E-state index contributed by atoms with van der Waals surface area (Å²) in [5.74, 6) is 1.15. The van der Waals surface area contributed by atoms with Crippen molar-refractivity contribution in [2.24, 2.45) is 15.8 Å². The molecule has 1 spiro atoms. The molecule has 0 atom stereocenters. The van der Waals surface area contributed by atoms with Crippen LogP contribution in [0.5, 0.6) is 0 Å². The highest BCUT2D eigenvalue weighted by Crippen LogP contribution is 2.47. The van der Waals surface area contributed by atoms with Crippen molar-refractivity contribution >= 4 is 29.9 Å². The third-order valence-corrected chi connectivity index (χ3v) is 4.61. The Morgan fingerprint density at radius 2 is 1.95 bits per heavy atom. The first-order chi connectivity index (χ1) is 8.94. The standard InChI is InChI=1S/C16H31N3.HI/c1-5-17-14(18-11-9-15(2,3)4)19-12-10-16(13-19)7-6-8-16;/h5-13H2,1-4H3,(H,17,18);1H. The second-order valence-electron chi connectivity index (χ2n) is 7.57. The largest absolute Gasteiger partial charge is 0.357 e. The molecule has 20 heavy (non-hydrogen) atoms. The van der Waals surface area contributed by atoms with E-state index < -0.39 is 0 Å². The van der Waals surface area contributed by atoms with Crippen molar-refractivity contribution in [3.63, 3.8) is 0 Å². The van der Waals surface area contributed by atoms with Gasteiger partial charge in [-0.2, -0.15) is 0 Å². The number of likely N-dealkylation sites (tertiary alicyclic amines) is 1. The van der Waals surface area contributed by atoms with E-state index in [0.717, 1.165) is 25.5 Å². The van der Waals surface area contributed by atoms with Crippen molar-refractivity contribution in [2.45, 2.75) is 59.8 Å². The first-order valence-electron chi connectivity index (χ1n) is 7.97. The molecule has 1 saturated heterocycles. The Kier molecular flexibility index (Phi) is 6.61. The number of hydrogen-bond acceptors (Lipinski definition) is 1. The number of halogens is 1. The molecule has 0 radical (unpaired) electrons. The quantitative estimate of drug-likeness (QED) is 0.448. The van der Waals surface area contributed by atoms with E-state index in [1.165, 1.54) is 38.8 Å². The maximum absolute atomic E-state index is 4.84. The summed E-state index contributed by atoms with van der Waals surface area (Å²) in [6.45, 7) is 13.4. The Balaban J connectivity index is 0.00000200. The van der Waals surface area contributed by atoms with Crippen LogP contribution >= 0.6 is 24.0 Å². The van der Waals surface area contributed by atoms with Crippen molar-refractivity contribution in [3.8, 4) is 0 Å². The molecule has 1 heterocycles. The summed E-state index contributed by atoms with van der Waals surface area (Å²) in [6, 6.07) is 0. The molecule has 2 aliphatic rings. The number of aliphatic imine (C=N–C) groups is 1. The van der Waals surface area contributed by atoms with E-state index >= 15 is 0 Å². The molecule has 0 unspecified atom stereocenters. The van der Waals surface area contributed by atoms with Crippen molar-refractivity contribution < 1.29 is 0 Å². The molecule has 1 aliphatic carbocycles. The second kappa shape index (κ2) is 7.32. The van der Waals surface area contributed by atoms with E-state index in [1.807, 2.05) is 0 Å². The van der Waals surface area contributed by atoms with Gasteiger partial charge in [-0.15, -0.1) is 24.0 Å². The molecule has 2 rings (SSSR count). The van der Waals surface area contributed by atoms with Gasteiger partial charge in [0.2, 0.25) is 0 Å². The first-order valence-corrected chi connectivity index (χ1v) is 7.97. The number of rotatable bonds is 3. The van der Waals surface area contributed by atoms with Crippen LogP contribution < -0.4 is 5.32 Å². The highest BCUT2D eigenvalue weighted by molar-refractivity contribution is 14.0. The smallest absolute Gasteiger partial charge is 0.193 e. The van der Waals surface area contributed by atoms with E-state index in [1.54, 1.807) is 0 Å². The first kappa shape index (κ1) is 18.1. The van der Waals surface area contributed by atoms with Crippen molar-refractivity contribution in [2.75, 3.05) is 26.2 Å². The van der Waals surface area contributed by atoms with Crippen LogP contribution in [0.3, 0.4) is 0 Å². The van der Waals surface area contributed by atoms with Gasteiger partial charge in [-0.1, -0.05) is 27.2 Å². The zero-order chi connectivity index (χ0) is 13.9. The molecule has 0 bridgehead atoms. The van der Waals surface area contributed by atoms with Gasteiger partial charge in [-0.25, -0.2) is 0 Å². The van der Waals surface area contributed by atoms with Crippen molar-refractivity contribution in [3.05, 3.63) is 0 Å². The Bertz CT molecular complexity index is 329. The molecule has 4 heteroatoms. The highest BCUT2D eigenvalue weighted by Gasteiger charge is 2.43. The summed E-state index contributed by atoms with van der Waals surface area (Å²) >= 11 is 0. The van der Waals surface area contributed by atoms with Gasteiger partial charge in [-0.05, 0) is 43.4 Å². The van der Waals surface area contributed by atoms with E-state index in [-0.39, 0.29) is 24.0 Å². The lowest BCUT2D eigenvalue weighted by molar-refractivity contribution is 0.151. The predicted octanol–water partition coefficient (Wildman–Crippen LogP) is 3.88. The monoisotopic (exact) mass is 393 g/mol. The van der Waals surface area contributed by atoms with Gasteiger partial charge in [0.25, 0.3) is 0 Å². The topological polar surface area (TPSA) is 27.6 Å². The normalized spacial score (nSPS) is 21.6. The van der Waals surface area contributed by atoms with Crippen molar-refractivity contribution in [1.82, 2.24) is 10.2 Å². The Labute approximate surface area is 142 Å². The molecule has 0 aromatic heterocycles. The number of guanidine groups is 1. The third kappa shape index (κ3) is 4.78. The SMILES string of the molecule is CCNC(=NCCC(C)(C)C)N1CCC2(CCC2)C1.I. The number of hydrogen-bond donors (Lipinski definition) is 1. The zero-order valence-corrected chi connectivity index (χ0v) is 16.0. The maximum atomic E-state index is 4.84. The van der Waals surface area contributed by atoms with E-state index in [4.69, 9.17) is 4.99 Å². The summed E-state index contributed by atoms with van der Waals surface area (Å²) in [5.41, 5.74) is 1.03. The third-order valence-electron chi connectivity index (χ3n) is 4.61. The minimum atomic E-state index is 0. The van der Waals surface area contributed by atoms with Crippen LogP contribution in [0.4, 0.5) is 0 Å².